The maximum atomic E-state index is 3.73. The lowest BCUT2D eigenvalue weighted by atomic mass is 10.7. The summed E-state index contributed by atoms with van der Waals surface area (Å²) in [5.41, 5.74) is 0. The highest BCUT2D eigenvalue weighted by Crippen LogP contribution is 1.80. The van der Waals surface area contributed by atoms with Crippen molar-refractivity contribution >= 4 is 6.34 Å². The first-order valence-corrected chi connectivity index (χ1v) is 2.51. The second-order valence-corrected chi connectivity index (χ2v) is 1.54. The third kappa shape index (κ3) is 1.10. The zero-order valence-electron chi connectivity index (χ0n) is 5.31. The van der Waals surface area contributed by atoms with Crippen molar-refractivity contribution in [3.63, 3.8) is 0 Å². The minimum atomic E-state index is 0.737. The molecule has 1 rings (SSSR count). The summed E-state index contributed by atoms with van der Waals surface area (Å²) in [7, 11) is 1.67. The molecular weight excluding hydrogens is 118 g/mol. The summed E-state index contributed by atoms with van der Waals surface area (Å²) in [6, 6.07) is 0. The molecule has 0 amide bonds. The number of rotatable bonds is 1. The van der Waals surface area contributed by atoms with Crippen LogP contribution in [0.15, 0.2) is 4.99 Å². The van der Waals surface area contributed by atoms with Gasteiger partial charge in [0.2, 0.25) is 0 Å². The number of hydrogen-bond acceptors (Lipinski definition) is 4. The van der Waals surface area contributed by atoms with Gasteiger partial charge >= 0.3 is 0 Å². The lowest BCUT2D eigenvalue weighted by molar-refractivity contribution is 0.824. The highest BCUT2D eigenvalue weighted by Gasteiger charge is 1.92. The minimum Gasteiger partial charge on any atom is -0.277 e. The summed E-state index contributed by atoms with van der Waals surface area (Å²) in [5.74, 6) is 0.737. The smallest absolute Gasteiger partial charge is 0.154 e. The maximum Gasteiger partial charge on any atom is 0.154 e. The van der Waals surface area contributed by atoms with Gasteiger partial charge in [-0.1, -0.05) is 0 Å². The summed E-state index contributed by atoms with van der Waals surface area (Å²) in [5, 5.41) is 10.7. The van der Waals surface area contributed by atoms with Gasteiger partial charge < -0.3 is 0 Å². The molecule has 0 aliphatic carbocycles. The Bertz CT molecular complexity index is 212. The van der Waals surface area contributed by atoms with Gasteiger partial charge in [0.25, 0.3) is 0 Å². The Balaban J connectivity index is 2.94. The van der Waals surface area contributed by atoms with Crippen LogP contribution in [0.2, 0.25) is 0 Å². The number of aliphatic imine (C=N–C) groups is 1. The standard InChI is InChI=1S/C4H7N5/c1-4-6-7-8-9(4)3-5-2/h3H,1-2H3. The molecule has 0 bridgehead atoms. The zero-order valence-corrected chi connectivity index (χ0v) is 5.31. The molecule has 1 heterocycles. The van der Waals surface area contributed by atoms with E-state index in [1.165, 1.54) is 4.68 Å². The van der Waals surface area contributed by atoms with E-state index in [0.717, 1.165) is 5.82 Å². The van der Waals surface area contributed by atoms with Crippen LogP contribution in [-0.4, -0.2) is 33.6 Å². The Labute approximate surface area is 52.4 Å². The first kappa shape index (κ1) is 5.87. The van der Waals surface area contributed by atoms with Crippen LogP contribution in [0.5, 0.6) is 0 Å². The van der Waals surface area contributed by atoms with Crippen LogP contribution in [0.1, 0.15) is 5.82 Å². The molecule has 0 aromatic carbocycles. The van der Waals surface area contributed by atoms with Crippen LogP contribution < -0.4 is 0 Å². The SMILES string of the molecule is CN=Cn1nnnc1C. The molecule has 0 atom stereocenters. The van der Waals surface area contributed by atoms with Crippen LogP contribution >= 0.6 is 0 Å². The molecule has 0 unspecified atom stereocenters. The molecule has 0 saturated carbocycles. The average Bonchev–Trinajstić information content (AvgIpc) is 2.18. The number of tetrazole rings is 1. The Morgan fingerprint density at radius 1 is 1.67 bits per heavy atom. The summed E-state index contributed by atoms with van der Waals surface area (Å²) in [6.45, 7) is 1.81. The number of aryl methyl sites for hydroxylation is 1. The van der Waals surface area contributed by atoms with Crippen molar-refractivity contribution in [2.24, 2.45) is 4.99 Å². The van der Waals surface area contributed by atoms with E-state index in [2.05, 4.69) is 20.5 Å². The zero-order chi connectivity index (χ0) is 6.69. The molecule has 5 heteroatoms. The summed E-state index contributed by atoms with van der Waals surface area (Å²) >= 11 is 0. The van der Waals surface area contributed by atoms with E-state index in [1.807, 2.05) is 6.92 Å². The van der Waals surface area contributed by atoms with E-state index in [0.29, 0.717) is 0 Å². The van der Waals surface area contributed by atoms with Crippen molar-refractivity contribution in [2.75, 3.05) is 7.05 Å². The fourth-order valence-electron chi connectivity index (χ4n) is 0.454. The Kier molecular flexibility index (Phi) is 1.53. The van der Waals surface area contributed by atoms with Gasteiger partial charge in [-0.15, -0.1) is 5.10 Å². The molecule has 0 spiro atoms. The summed E-state index contributed by atoms with van der Waals surface area (Å²) in [4.78, 5) is 3.73. The third-order valence-electron chi connectivity index (χ3n) is 0.882. The fourth-order valence-corrected chi connectivity index (χ4v) is 0.454. The number of nitrogens with zero attached hydrogens (tertiary/aromatic N) is 5. The third-order valence-corrected chi connectivity index (χ3v) is 0.882. The average molecular weight is 125 g/mol. The van der Waals surface area contributed by atoms with E-state index in [1.54, 1.807) is 13.4 Å². The van der Waals surface area contributed by atoms with Crippen molar-refractivity contribution in [2.45, 2.75) is 6.92 Å². The van der Waals surface area contributed by atoms with Gasteiger partial charge in [-0.2, -0.15) is 4.68 Å². The van der Waals surface area contributed by atoms with Crippen molar-refractivity contribution in [3.8, 4) is 0 Å². The van der Waals surface area contributed by atoms with E-state index < -0.39 is 0 Å². The van der Waals surface area contributed by atoms with Crippen molar-refractivity contribution < 1.29 is 0 Å². The molecule has 0 aliphatic rings. The monoisotopic (exact) mass is 125 g/mol. The lowest BCUT2D eigenvalue weighted by Gasteiger charge is -1.85. The molecule has 0 radical (unpaired) electrons. The normalized spacial score (nSPS) is 10.9. The molecule has 0 saturated heterocycles. The first-order chi connectivity index (χ1) is 4.34. The Hall–Kier alpha value is -1.26. The highest BCUT2D eigenvalue weighted by atomic mass is 15.5. The molecule has 0 fully saturated rings. The van der Waals surface area contributed by atoms with Gasteiger partial charge in [0, 0.05) is 7.05 Å². The van der Waals surface area contributed by atoms with Gasteiger partial charge in [0.05, 0.1) is 0 Å². The topological polar surface area (TPSA) is 56.0 Å². The maximum absolute atomic E-state index is 3.73. The van der Waals surface area contributed by atoms with Crippen LogP contribution in [0.25, 0.3) is 0 Å². The molecule has 1 aromatic rings. The number of hydrogen-bond donors (Lipinski definition) is 0. The fraction of sp³-hybridized carbons (Fsp3) is 0.500. The van der Waals surface area contributed by atoms with E-state index >= 15 is 0 Å². The van der Waals surface area contributed by atoms with Crippen LogP contribution in [0.3, 0.4) is 0 Å². The van der Waals surface area contributed by atoms with Gasteiger partial charge in [-0.3, -0.25) is 4.99 Å². The summed E-state index contributed by atoms with van der Waals surface area (Å²) in [6.07, 6.45) is 1.55. The predicted octanol–water partition coefficient (Wildman–Crippen LogP) is -0.512. The molecule has 9 heavy (non-hydrogen) atoms. The van der Waals surface area contributed by atoms with E-state index in [4.69, 9.17) is 0 Å². The molecule has 5 nitrogen and oxygen atoms in total. The highest BCUT2D eigenvalue weighted by molar-refractivity contribution is 5.56. The van der Waals surface area contributed by atoms with Crippen molar-refractivity contribution in [1.82, 2.24) is 20.2 Å². The van der Waals surface area contributed by atoms with Crippen LogP contribution in [-0.2, 0) is 0 Å². The molecule has 0 aliphatic heterocycles. The Morgan fingerprint density at radius 2 is 2.44 bits per heavy atom. The lowest BCUT2D eigenvalue weighted by Crippen LogP contribution is -1.99. The second kappa shape index (κ2) is 2.34. The molecule has 48 valence electrons. The molecule has 1 aromatic heterocycles. The van der Waals surface area contributed by atoms with Crippen molar-refractivity contribution in [1.29, 1.82) is 0 Å². The van der Waals surface area contributed by atoms with Gasteiger partial charge in [-0.25, -0.2) is 0 Å². The number of aromatic nitrogens is 4. The minimum absolute atomic E-state index is 0.737. The van der Waals surface area contributed by atoms with Crippen LogP contribution in [0, 0.1) is 6.92 Å². The van der Waals surface area contributed by atoms with Gasteiger partial charge in [0.1, 0.15) is 6.34 Å². The predicted molar refractivity (Wildman–Crippen MR) is 32.4 cm³/mol. The molecule has 0 N–H and O–H groups in total. The van der Waals surface area contributed by atoms with Crippen LogP contribution in [0.4, 0.5) is 0 Å². The van der Waals surface area contributed by atoms with E-state index in [9.17, 15) is 0 Å². The Morgan fingerprint density at radius 3 is 2.89 bits per heavy atom. The molecular formula is C4H7N5. The summed E-state index contributed by atoms with van der Waals surface area (Å²) < 4.78 is 1.50. The quantitative estimate of drug-likeness (QED) is 0.375. The van der Waals surface area contributed by atoms with Gasteiger partial charge in [-0.05, 0) is 17.4 Å². The first-order valence-electron chi connectivity index (χ1n) is 2.51. The van der Waals surface area contributed by atoms with Gasteiger partial charge in [0.15, 0.2) is 5.82 Å². The second-order valence-electron chi connectivity index (χ2n) is 1.54. The van der Waals surface area contributed by atoms with Crippen molar-refractivity contribution in [3.05, 3.63) is 5.82 Å². The van der Waals surface area contributed by atoms with E-state index in [-0.39, 0.29) is 0 Å². The largest absolute Gasteiger partial charge is 0.277 e.